The van der Waals surface area contributed by atoms with E-state index in [2.05, 4.69) is 25.9 Å². The van der Waals surface area contributed by atoms with E-state index < -0.39 is 5.97 Å². The minimum Gasteiger partial charge on any atom is -0.461 e. The highest BCUT2D eigenvalue weighted by molar-refractivity contribution is 7.21. The van der Waals surface area contributed by atoms with Gasteiger partial charge in [-0.15, -0.1) is 11.3 Å². The predicted molar refractivity (Wildman–Crippen MR) is 128 cm³/mol. The van der Waals surface area contributed by atoms with Crippen LogP contribution in [0.25, 0.3) is 10.1 Å². The second-order valence-corrected chi connectivity index (χ2v) is 10.5. The summed E-state index contributed by atoms with van der Waals surface area (Å²) in [6.07, 6.45) is 1.53. The SMILES string of the molecule is CCOC(=O)c1cc(C(C)(C)C)n(C2CCN(C(=O)c3sc4ccccc4c3Cl)CC2)n1. The van der Waals surface area contributed by atoms with Crippen LogP contribution in [0.1, 0.15) is 72.4 Å². The average Bonchev–Trinajstić information content (AvgIpc) is 3.36. The van der Waals surface area contributed by atoms with Gasteiger partial charge in [-0.1, -0.05) is 50.6 Å². The van der Waals surface area contributed by atoms with Crippen LogP contribution in [0, 0.1) is 0 Å². The molecule has 0 bridgehead atoms. The van der Waals surface area contributed by atoms with Crippen molar-refractivity contribution in [3.63, 3.8) is 0 Å². The number of carbonyl (C=O) groups is 2. The van der Waals surface area contributed by atoms with Crippen LogP contribution >= 0.6 is 22.9 Å². The van der Waals surface area contributed by atoms with Gasteiger partial charge in [-0.25, -0.2) is 4.79 Å². The van der Waals surface area contributed by atoms with E-state index in [0.29, 0.717) is 35.3 Å². The summed E-state index contributed by atoms with van der Waals surface area (Å²) in [4.78, 5) is 27.9. The lowest BCUT2D eigenvalue weighted by atomic mass is 9.91. The summed E-state index contributed by atoms with van der Waals surface area (Å²) in [7, 11) is 0. The number of aromatic nitrogens is 2. The first-order valence-corrected chi connectivity index (χ1v) is 12.1. The first-order chi connectivity index (χ1) is 15.2. The summed E-state index contributed by atoms with van der Waals surface area (Å²) in [6, 6.07) is 9.78. The molecule has 0 unspecified atom stereocenters. The van der Waals surface area contributed by atoms with Gasteiger partial charge in [-0.3, -0.25) is 9.48 Å². The molecule has 1 amide bonds. The van der Waals surface area contributed by atoms with Gasteiger partial charge in [0, 0.05) is 34.3 Å². The molecular weight excluding hydrogens is 446 g/mol. The molecule has 6 nitrogen and oxygen atoms in total. The highest BCUT2D eigenvalue weighted by Crippen LogP contribution is 2.37. The number of fused-ring (bicyclic) bond motifs is 1. The van der Waals surface area contributed by atoms with Crippen LogP contribution < -0.4 is 0 Å². The third-order valence-electron chi connectivity index (χ3n) is 5.82. The van der Waals surface area contributed by atoms with E-state index in [-0.39, 0.29) is 17.4 Å². The van der Waals surface area contributed by atoms with Crippen molar-refractivity contribution in [2.24, 2.45) is 0 Å². The van der Waals surface area contributed by atoms with Gasteiger partial charge in [-0.2, -0.15) is 5.10 Å². The second-order valence-electron chi connectivity index (χ2n) is 9.09. The lowest BCUT2D eigenvalue weighted by Crippen LogP contribution is -2.39. The third-order valence-corrected chi connectivity index (χ3v) is 7.48. The minimum atomic E-state index is -0.399. The molecule has 0 radical (unpaired) electrons. The summed E-state index contributed by atoms with van der Waals surface area (Å²) < 4.78 is 8.15. The molecule has 0 atom stereocenters. The van der Waals surface area contributed by atoms with Gasteiger partial charge in [0.15, 0.2) is 5.69 Å². The summed E-state index contributed by atoms with van der Waals surface area (Å²) in [6.45, 7) is 9.66. The first-order valence-electron chi connectivity index (χ1n) is 10.9. The zero-order valence-electron chi connectivity index (χ0n) is 18.9. The van der Waals surface area contributed by atoms with E-state index in [9.17, 15) is 9.59 Å². The lowest BCUT2D eigenvalue weighted by molar-refractivity contribution is 0.0517. The van der Waals surface area contributed by atoms with Gasteiger partial charge in [0.25, 0.3) is 5.91 Å². The monoisotopic (exact) mass is 473 g/mol. The Hall–Kier alpha value is -2.38. The fraction of sp³-hybridized carbons (Fsp3) is 0.458. The van der Waals surface area contributed by atoms with Crippen molar-refractivity contribution in [3.05, 3.63) is 51.6 Å². The maximum Gasteiger partial charge on any atom is 0.358 e. The highest BCUT2D eigenvalue weighted by Gasteiger charge is 2.32. The van der Waals surface area contributed by atoms with Gasteiger partial charge >= 0.3 is 5.97 Å². The number of carbonyl (C=O) groups excluding carboxylic acids is 2. The smallest absolute Gasteiger partial charge is 0.358 e. The van der Waals surface area contributed by atoms with E-state index >= 15 is 0 Å². The maximum absolute atomic E-state index is 13.2. The molecule has 1 aliphatic heterocycles. The number of amides is 1. The number of nitrogens with zero attached hydrogens (tertiary/aromatic N) is 3. The lowest BCUT2D eigenvalue weighted by Gasteiger charge is -2.34. The van der Waals surface area contributed by atoms with Crippen LogP contribution in [0.5, 0.6) is 0 Å². The van der Waals surface area contributed by atoms with E-state index in [1.807, 2.05) is 39.9 Å². The molecular formula is C24H28ClN3O3S. The van der Waals surface area contributed by atoms with E-state index in [1.165, 1.54) is 11.3 Å². The van der Waals surface area contributed by atoms with Crippen molar-refractivity contribution in [1.29, 1.82) is 0 Å². The molecule has 1 fully saturated rings. The van der Waals surface area contributed by atoms with Gasteiger partial charge in [-0.05, 0) is 31.9 Å². The van der Waals surface area contributed by atoms with Crippen LogP contribution in [0.15, 0.2) is 30.3 Å². The molecule has 8 heteroatoms. The number of piperidine rings is 1. The molecule has 4 rings (SSSR count). The Morgan fingerprint density at radius 1 is 1.22 bits per heavy atom. The number of rotatable bonds is 4. The van der Waals surface area contributed by atoms with Crippen molar-refractivity contribution in [3.8, 4) is 0 Å². The van der Waals surface area contributed by atoms with E-state index in [4.69, 9.17) is 16.3 Å². The quantitative estimate of drug-likeness (QED) is 0.456. The molecule has 170 valence electrons. The Kier molecular flexibility index (Phi) is 6.32. The Morgan fingerprint density at radius 3 is 2.53 bits per heavy atom. The molecule has 3 aromatic rings. The normalized spacial score (nSPS) is 15.3. The summed E-state index contributed by atoms with van der Waals surface area (Å²) >= 11 is 7.98. The molecule has 2 aromatic heterocycles. The van der Waals surface area contributed by atoms with Crippen molar-refractivity contribution >= 4 is 44.9 Å². The largest absolute Gasteiger partial charge is 0.461 e. The number of benzene rings is 1. The molecule has 0 saturated carbocycles. The minimum absolute atomic E-state index is 0.0154. The van der Waals surface area contributed by atoms with Crippen molar-refractivity contribution in [2.75, 3.05) is 19.7 Å². The molecule has 0 spiro atoms. The zero-order valence-corrected chi connectivity index (χ0v) is 20.4. The number of hydrogen-bond donors (Lipinski definition) is 0. The van der Waals surface area contributed by atoms with Crippen molar-refractivity contribution < 1.29 is 14.3 Å². The molecule has 1 aliphatic rings. The summed E-state index contributed by atoms with van der Waals surface area (Å²) in [5.74, 6) is -0.415. The van der Waals surface area contributed by atoms with Crippen molar-refractivity contribution in [2.45, 2.75) is 52.0 Å². The summed E-state index contributed by atoms with van der Waals surface area (Å²) in [5.41, 5.74) is 1.17. The number of halogens is 1. The zero-order chi connectivity index (χ0) is 23.0. The van der Waals surface area contributed by atoms with Gasteiger partial charge in [0.05, 0.1) is 17.7 Å². The van der Waals surface area contributed by atoms with Crippen molar-refractivity contribution in [1.82, 2.24) is 14.7 Å². The van der Waals surface area contributed by atoms with Gasteiger partial charge in [0.1, 0.15) is 4.88 Å². The van der Waals surface area contributed by atoms with E-state index in [0.717, 1.165) is 28.6 Å². The first kappa shape index (κ1) is 22.8. The average molecular weight is 474 g/mol. The van der Waals surface area contributed by atoms with Gasteiger partial charge < -0.3 is 9.64 Å². The molecule has 0 aliphatic carbocycles. The molecule has 1 aromatic carbocycles. The predicted octanol–water partition coefficient (Wildman–Crippen LogP) is 5.70. The Labute approximate surface area is 197 Å². The molecule has 0 N–H and O–H groups in total. The number of hydrogen-bond acceptors (Lipinski definition) is 5. The fourth-order valence-electron chi connectivity index (χ4n) is 4.15. The number of ether oxygens (including phenoxy) is 1. The number of thiophene rings is 1. The molecule has 1 saturated heterocycles. The number of esters is 1. The van der Waals surface area contributed by atoms with Gasteiger partial charge in [0.2, 0.25) is 0 Å². The Bertz CT molecular complexity index is 1150. The molecule has 3 heterocycles. The van der Waals surface area contributed by atoms with Crippen LogP contribution in [0.4, 0.5) is 0 Å². The highest BCUT2D eigenvalue weighted by atomic mass is 35.5. The standard InChI is InChI=1S/C24H28ClN3O3S/c1-5-31-23(30)17-14-19(24(2,3)4)28(26-17)15-10-12-27(13-11-15)22(29)21-20(25)16-8-6-7-9-18(16)32-21/h6-9,14-15H,5,10-13H2,1-4H3. The van der Waals surface area contributed by atoms with Crippen LogP contribution in [-0.2, 0) is 10.2 Å². The Morgan fingerprint density at radius 2 is 1.91 bits per heavy atom. The van der Waals surface area contributed by atoms with Crippen LogP contribution in [-0.4, -0.2) is 46.3 Å². The fourth-order valence-corrected chi connectivity index (χ4v) is 5.63. The second kappa shape index (κ2) is 8.87. The Balaban J connectivity index is 1.52. The third kappa shape index (κ3) is 4.28. The number of likely N-dealkylation sites (tertiary alicyclic amines) is 1. The van der Waals surface area contributed by atoms with E-state index in [1.54, 1.807) is 6.92 Å². The van der Waals surface area contributed by atoms with Crippen LogP contribution in [0.3, 0.4) is 0 Å². The summed E-state index contributed by atoms with van der Waals surface area (Å²) in [5, 5.41) is 6.08. The van der Waals surface area contributed by atoms with Crippen LogP contribution in [0.2, 0.25) is 5.02 Å². The topological polar surface area (TPSA) is 64.4 Å². The molecule has 32 heavy (non-hydrogen) atoms. The maximum atomic E-state index is 13.2.